The lowest BCUT2D eigenvalue weighted by molar-refractivity contribution is 0.410. The van der Waals surface area contributed by atoms with Gasteiger partial charge in [0.15, 0.2) is 0 Å². The highest BCUT2D eigenvalue weighted by Gasteiger charge is 2.25. The van der Waals surface area contributed by atoms with Gasteiger partial charge >= 0.3 is 0 Å². The van der Waals surface area contributed by atoms with Crippen molar-refractivity contribution in [2.24, 2.45) is 5.92 Å². The van der Waals surface area contributed by atoms with E-state index in [0.717, 1.165) is 19.4 Å². The summed E-state index contributed by atoms with van der Waals surface area (Å²) in [6, 6.07) is 6.53. The molecule has 0 radical (unpaired) electrons. The minimum absolute atomic E-state index is 0.0518. The Morgan fingerprint density at radius 2 is 2.22 bits per heavy atom. The van der Waals surface area contributed by atoms with Gasteiger partial charge < -0.3 is 4.90 Å². The third-order valence-corrected chi connectivity index (χ3v) is 5.97. The quantitative estimate of drug-likeness (QED) is 0.893. The Bertz CT molecular complexity index is 698. The highest BCUT2D eigenvalue weighted by Crippen LogP contribution is 2.27. The molecule has 5 nitrogen and oxygen atoms in total. The van der Waals surface area contributed by atoms with Crippen molar-refractivity contribution < 1.29 is 12.8 Å². The number of benzene rings is 1. The predicted octanol–water partition coefficient (Wildman–Crippen LogP) is 2.24. The van der Waals surface area contributed by atoms with Crippen LogP contribution in [-0.2, 0) is 10.0 Å². The van der Waals surface area contributed by atoms with Crippen LogP contribution < -0.4 is 9.62 Å². The van der Waals surface area contributed by atoms with E-state index in [2.05, 4.69) is 4.72 Å². The summed E-state index contributed by atoms with van der Waals surface area (Å²) in [5, 5.41) is 8.70. The van der Waals surface area contributed by atoms with Crippen molar-refractivity contribution in [3.05, 3.63) is 29.6 Å². The highest BCUT2D eigenvalue weighted by atomic mass is 32.2. The number of sulfonamides is 1. The highest BCUT2D eigenvalue weighted by molar-refractivity contribution is 7.90. The first kappa shape index (κ1) is 17.7. The third kappa shape index (κ3) is 4.21. The lowest BCUT2D eigenvalue weighted by Gasteiger charge is -2.35. The number of piperidine rings is 1. The van der Waals surface area contributed by atoms with Crippen molar-refractivity contribution in [1.29, 1.82) is 5.26 Å². The molecule has 1 fully saturated rings. The molecule has 126 valence electrons. The van der Waals surface area contributed by atoms with E-state index < -0.39 is 21.1 Å². The molecule has 1 aromatic rings. The second-order valence-corrected chi connectivity index (χ2v) is 8.46. The Kier molecular flexibility index (Phi) is 5.60. The molecule has 0 spiro atoms. The zero-order valence-corrected chi connectivity index (χ0v) is 14.2. The van der Waals surface area contributed by atoms with E-state index in [1.54, 1.807) is 26.0 Å². The zero-order chi connectivity index (χ0) is 17.0. The normalized spacial score (nSPS) is 18.9. The summed E-state index contributed by atoms with van der Waals surface area (Å²) in [5.74, 6) is -0.375. The van der Waals surface area contributed by atoms with E-state index in [1.807, 2.05) is 11.0 Å². The van der Waals surface area contributed by atoms with Crippen LogP contribution >= 0.6 is 0 Å². The van der Waals surface area contributed by atoms with Crippen molar-refractivity contribution in [3.8, 4) is 6.07 Å². The Labute approximate surface area is 137 Å². The average molecular weight is 339 g/mol. The van der Waals surface area contributed by atoms with Crippen LogP contribution in [0.5, 0.6) is 0 Å². The van der Waals surface area contributed by atoms with E-state index in [1.165, 1.54) is 6.07 Å². The fraction of sp³-hybridized carbons (Fsp3) is 0.562. The van der Waals surface area contributed by atoms with Crippen molar-refractivity contribution in [1.82, 2.24) is 4.72 Å². The van der Waals surface area contributed by atoms with Crippen LogP contribution in [-0.4, -0.2) is 33.3 Å². The molecule has 23 heavy (non-hydrogen) atoms. The van der Waals surface area contributed by atoms with Gasteiger partial charge in [-0.1, -0.05) is 6.07 Å². The molecule has 1 atom stereocenters. The molecule has 1 aliphatic heterocycles. The van der Waals surface area contributed by atoms with Gasteiger partial charge in [-0.15, -0.1) is 0 Å². The van der Waals surface area contributed by atoms with E-state index in [9.17, 15) is 12.8 Å². The Balaban J connectivity index is 2.08. The van der Waals surface area contributed by atoms with Gasteiger partial charge in [0.25, 0.3) is 0 Å². The Morgan fingerprint density at radius 3 is 2.87 bits per heavy atom. The topological polar surface area (TPSA) is 73.2 Å². The maximum absolute atomic E-state index is 13.8. The Morgan fingerprint density at radius 1 is 1.48 bits per heavy atom. The van der Waals surface area contributed by atoms with E-state index >= 15 is 0 Å². The van der Waals surface area contributed by atoms with Crippen LogP contribution in [0.3, 0.4) is 0 Å². The molecule has 0 aliphatic carbocycles. The van der Waals surface area contributed by atoms with Gasteiger partial charge in [-0.05, 0) is 44.7 Å². The minimum Gasteiger partial charge on any atom is -0.370 e. The molecular formula is C16H22FN3O2S. The largest absolute Gasteiger partial charge is 0.370 e. The lowest BCUT2D eigenvalue weighted by atomic mass is 9.97. The van der Waals surface area contributed by atoms with Crippen molar-refractivity contribution in [2.45, 2.75) is 31.9 Å². The summed E-state index contributed by atoms with van der Waals surface area (Å²) in [6.07, 6.45) is 1.80. The first-order valence-electron chi connectivity index (χ1n) is 7.77. The van der Waals surface area contributed by atoms with Gasteiger partial charge in [-0.25, -0.2) is 17.5 Å². The Hall–Kier alpha value is -1.65. The van der Waals surface area contributed by atoms with E-state index in [4.69, 9.17) is 5.26 Å². The minimum atomic E-state index is -3.28. The molecule has 0 saturated carbocycles. The summed E-state index contributed by atoms with van der Waals surface area (Å²) in [6.45, 7) is 5.00. The molecule has 0 bridgehead atoms. The van der Waals surface area contributed by atoms with Crippen LogP contribution in [0.25, 0.3) is 0 Å². The number of hydrogen-bond donors (Lipinski definition) is 1. The van der Waals surface area contributed by atoms with Gasteiger partial charge in [0.05, 0.1) is 10.9 Å². The maximum atomic E-state index is 13.8. The van der Waals surface area contributed by atoms with Gasteiger partial charge in [-0.3, -0.25) is 0 Å². The monoisotopic (exact) mass is 339 g/mol. The number of nitriles is 1. The summed E-state index contributed by atoms with van der Waals surface area (Å²) >= 11 is 0. The van der Waals surface area contributed by atoms with Gasteiger partial charge in [-0.2, -0.15) is 5.26 Å². The third-order valence-electron chi connectivity index (χ3n) is 4.16. The lowest BCUT2D eigenvalue weighted by Crippen LogP contribution is -2.42. The molecule has 1 saturated heterocycles. The van der Waals surface area contributed by atoms with Gasteiger partial charge in [0, 0.05) is 19.6 Å². The molecule has 0 unspecified atom stereocenters. The van der Waals surface area contributed by atoms with Crippen LogP contribution in [0.15, 0.2) is 18.2 Å². The molecule has 0 aromatic heterocycles. The van der Waals surface area contributed by atoms with Crippen molar-refractivity contribution in [3.63, 3.8) is 0 Å². The number of rotatable bonds is 5. The summed E-state index contributed by atoms with van der Waals surface area (Å²) in [4.78, 5) is 1.97. The number of nitrogens with zero attached hydrogens (tertiary/aromatic N) is 2. The first-order valence-corrected chi connectivity index (χ1v) is 9.32. The number of hydrogen-bond acceptors (Lipinski definition) is 4. The molecule has 1 N–H and O–H groups in total. The standard InChI is InChI=1S/C16H22FN3O2S/c1-12(2)23(21,22)19-10-13-5-4-8-20(11-13)16-7-3-6-15(17)14(16)9-18/h3,6-7,12-13,19H,4-5,8,10-11H2,1-2H3/t13-/m1/s1. The average Bonchev–Trinajstić information content (AvgIpc) is 2.53. The fourth-order valence-electron chi connectivity index (χ4n) is 2.74. The van der Waals surface area contributed by atoms with Crippen LogP contribution in [0.1, 0.15) is 32.3 Å². The second kappa shape index (κ2) is 7.28. The molecule has 1 aromatic carbocycles. The predicted molar refractivity (Wildman–Crippen MR) is 88.1 cm³/mol. The molecule has 0 amide bonds. The van der Waals surface area contributed by atoms with E-state index in [-0.39, 0.29) is 11.5 Å². The number of nitrogens with one attached hydrogen (secondary N) is 1. The maximum Gasteiger partial charge on any atom is 0.213 e. The van der Waals surface area contributed by atoms with Crippen LogP contribution in [0.2, 0.25) is 0 Å². The van der Waals surface area contributed by atoms with E-state index in [0.29, 0.717) is 18.8 Å². The summed E-state index contributed by atoms with van der Waals surface area (Å²) in [5.41, 5.74) is 0.639. The molecule has 2 rings (SSSR count). The van der Waals surface area contributed by atoms with Gasteiger partial charge in [0.1, 0.15) is 17.4 Å². The summed E-state index contributed by atoms with van der Waals surface area (Å²) in [7, 11) is -3.28. The summed E-state index contributed by atoms with van der Waals surface area (Å²) < 4.78 is 40.1. The zero-order valence-electron chi connectivity index (χ0n) is 13.4. The second-order valence-electron chi connectivity index (χ2n) is 6.14. The first-order chi connectivity index (χ1) is 10.8. The molecule has 1 aliphatic rings. The van der Waals surface area contributed by atoms with Crippen molar-refractivity contribution >= 4 is 15.7 Å². The number of anilines is 1. The van der Waals surface area contributed by atoms with Crippen LogP contribution in [0.4, 0.5) is 10.1 Å². The SMILES string of the molecule is CC(C)S(=O)(=O)NC[C@H]1CCCN(c2cccc(F)c2C#N)C1. The van der Waals surface area contributed by atoms with Crippen molar-refractivity contribution in [2.75, 3.05) is 24.5 Å². The molecule has 1 heterocycles. The van der Waals surface area contributed by atoms with Crippen LogP contribution in [0, 0.1) is 23.1 Å². The molecular weight excluding hydrogens is 317 g/mol. The fourth-order valence-corrected chi connectivity index (χ4v) is 3.54. The molecule has 7 heteroatoms. The smallest absolute Gasteiger partial charge is 0.213 e. The van der Waals surface area contributed by atoms with Gasteiger partial charge in [0.2, 0.25) is 10.0 Å². The number of halogens is 1.